The number of carbonyl (C=O) groups excluding carboxylic acids is 1. The van der Waals surface area contributed by atoms with E-state index in [4.69, 9.17) is 11.6 Å². The van der Waals surface area contributed by atoms with Gasteiger partial charge in [0.2, 0.25) is 0 Å². The van der Waals surface area contributed by atoms with E-state index in [9.17, 15) is 13.2 Å². The fourth-order valence-electron chi connectivity index (χ4n) is 2.66. The molecule has 2 aromatic carbocycles. The number of amides is 1. The number of hydrogen-bond donors (Lipinski definition) is 1. The van der Waals surface area contributed by atoms with Crippen molar-refractivity contribution in [1.82, 2.24) is 15.2 Å². The fourth-order valence-corrected chi connectivity index (χ4v) is 4.25. The second-order valence-corrected chi connectivity index (χ2v) is 9.65. The Labute approximate surface area is 175 Å². The van der Waals surface area contributed by atoms with E-state index in [-0.39, 0.29) is 10.8 Å². The van der Waals surface area contributed by atoms with E-state index < -0.39 is 9.84 Å². The molecule has 0 radical (unpaired) electrons. The first-order chi connectivity index (χ1) is 13.8. The number of thiazole rings is 1. The van der Waals surface area contributed by atoms with Crippen molar-refractivity contribution in [2.45, 2.75) is 4.90 Å². The van der Waals surface area contributed by atoms with Gasteiger partial charge >= 0.3 is 0 Å². The molecule has 0 bridgehead atoms. The Morgan fingerprint density at radius 3 is 2.55 bits per heavy atom. The minimum Gasteiger partial charge on any atom is -0.298 e. The van der Waals surface area contributed by atoms with Gasteiger partial charge in [-0.3, -0.25) is 10.1 Å². The van der Waals surface area contributed by atoms with Crippen molar-refractivity contribution < 1.29 is 13.2 Å². The number of aromatic nitrogens is 3. The van der Waals surface area contributed by atoms with Crippen molar-refractivity contribution in [3.05, 3.63) is 65.4 Å². The van der Waals surface area contributed by atoms with E-state index in [1.807, 2.05) is 18.2 Å². The molecule has 7 nitrogen and oxygen atoms in total. The zero-order valence-electron chi connectivity index (χ0n) is 15.0. The van der Waals surface area contributed by atoms with Gasteiger partial charge in [-0.15, -0.1) is 10.2 Å². The van der Waals surface area contributed by atoms with Gasteiger partial charge in [-0.2, -0.15) is 0 Å². The third-order valence-electron chi connectivity index (χ3n) is 4.11. The van der Waals surface area contributed by atoms with Crippen LogP contribution in [-0.4, -0.2) is 35.8 Å². The number of benzene rings is 2. The molecule has 0 saturated carbocycles. The molecular weight excluding hydrogens is 432 g/mol. The summed E-state index contributed by atoms with van der Waals surface area (Å²) in [5.74, 6) is -0.369. The first-order valence-corrected chi connectivity index (χ1v) is 11.4. The summed E-state index contributed by atoms with van der Waals surface area (Å²) in [5.41, 5.74) is 1.99. The number of anilines is 1. The quantitative estimate of drug-likeness (QED) is 0.509. The summed E-state index contributed by atoms with van der Waals surface area (Å²) in [7, 11) is -3.31. The van der Waals surface area contributed by atoms with Crippen molar-refractivity contribution in [3.8, 4) is 10.4 Å². The minimum atomic E-state index is -3.31. The van der Waals surface area contributed by atoms with Crippen LogP contribution < -0.4 is 5.32 Å². The summed E-state index contributed by atoms with van der Waals surface area (Å²) in [6.07, 6.45) is 2.79. The third-order valence-corrected chi connectivity index (χ3v) is 6.39. The van der Waals surface area contributed by atoms with E-state index >= 15 is 0 Å². The summed E-state index contributed by atoms with van der Waals surface area (Å²) in [4.78, 5) is 17.7. The Kier molecular flexibility index (Phi) is 5.03. The van der Waals surface area contributed by atoms with Crippen LogP contribution in [0.4, 0.5) is 5.13 Å². The average molecular weight is 445 g/mol. The van der Waals surface area contributed by atoms with Crippen LogP contribution in [0.1, 0.15) is 10.4 Å². The van der Waals surface area contributed by atoms with Crippen LogP contribution >= 0.6 is 22.9 Å². The van der Waals surface area contributed by atoms with Gasteiger partial charge < -0.3 is 0 Å². The summed E-state index contributed by atoms with van der Waals surface area (Å²) in [5, 5.41) is 12.2. The van der Waals surface area contributed by atoms with Crippen LogP contribution in [0.5, 0.6) is 0 Å². The second kappa shape index (κ2) is 7.51. The Hall–Kier alpha value is -2.88. The molecule has 0 aliphatic carbocycles. The molecule has 29 heavy (non-hydrogen) atoms. The lowest BCUT2D eigenvalue weighted by atomic mass is 10.1. The molecule has 1 N–H and O–H groups in total. The van der Waals surface area contributed by atoms with Crippen molar-refractivity contribution in [3.63, 3.8) is 0 Å². The minimum absolute atomic E-state index is 0.159. The maximum Gasteiger partial charge on any atom is 0.257 e. The predicted octanol–water partition coefficient (Wildman–Crippen LogP) is 4.06. The Bertz CT molecular complexity index is 1340. The summed E-state index contributed by atoms with van der Waals surface area (Å²) < 4.78 is 23.0. The number of rotatable bonds is 4. The molecule has 2 heterocycles. The third kappa shape index (κ3) is 4.26. The van der Waals surface area contributed by atoms with E-state index in [2.05, 4.69) is 20.5 Å². The van der Waals surface area contributed by atoms with Crippen LogP contribution in [-0.2, 0) is 9.84 Å². The molecule has 10 heteroatoms. The maximum atomic E-state index is 12.4. The van der Waals surface area contributed by atoms with Crippen molar-refractivity contribution in [2.75, 3.05) is 11.6 Å². The van der Waals surface area contributed by atoms with Crippen LogP contribution in [0.15, 0.2) is 59.6 Å². The van der Waals surface area contributed by atoms with Gasteiger partial charge in [0.05, 0.1) is 15.3 Å². The van der Waals surface area contributed by atoms with Crippen molar-refractivity contribution in [2.24, 2.45) is 0 Å². The summed E-state index contributed by atoms with van der Waals surface area (Å²) in [6.45, 7) is 0. The fraction of sp³-hybridized carbons (Fsp3) is 0.0526. The zero-order chi connectivity index (χ0) is 20.6. The molecule has 4 rings (SSSR count). The van der Waals surface area contributed by atoms with E-state index in [0.717, 1.165) is 27.6 Å². The monoisotopic (exact) mass is 444 g/mol. The van der Waals surface area contributed by atoms with Crippen LogP contribution in [0.2, 0.25) is 5.15 Å². The molecule has 1 amide bonds. The Morgan fingerprint density at radius 1 is 1.07 bits per heavy atom. The van der Waals surface area contributed by atoms with Gasteiger partial charge in [0, 0.05) is 23.4 Å². The topological polar surface area (TPSA) is 102 Å². The Morgan fingerprint density at radius 2 is 1.83 bits per heavy atom. The molecule has 4 aromatic rings. The smallest absolute Gasteiger partial charge is 0.257 e. The number of nitrogens with zero attached hydrogens (tertiary/aromatic N) is 3. The highest BCUT2D eigenvalue weighted by Crippen LogP contribution is 2.31. The maximum absolute atomic E-state index is 12.4. The van der Waals surface area contributed by atoms with Crippen molar-refractivity contribution in [1.29, 1.82) is 0 Å². The molecule has 0 aliphatic heterocycles. The normalized spacial score (nSPS) is 11.5. The summed E-state index contributed by atoms with van der Waals surface area (Å²) in [6, 6.07) is 13.1. The van der Waals surface area contributed by atoms with Crippen LogP contribution in [0.3, 0.4) is 0 Å². The van der Waals surface area contributed by atoms with Gasteiger partial charge in [-0.05, 0) is 48.0 Å². The second-order valence-electron chi connectivity index (χ2n) is 6.22. The Balaban J connectivity index is 1.54. The predicted molar refractivity (Wildman–Crippen MR) is 113 cm³/mol. The molecule has 0 fully saturated rings. The zero-order valence-corrected chi connectivity index (χ0v) is 17.3. The number of carbonyl (C=O) groups is 1. The molecule has 0 aliphatic rings. The number of fused-ring (bicyclic) bond motifs is 1. The number of halogens is 1. The lowest BCUT2D eigenvalue weighted by Crippen LogP contribution is -2.11. The summed E-state index contributed by atoms with van der Waals surface area (Å²) >= 11 is 7.23. The van der Waals surface area contributed by atoms with Gasteiger partial charge in [0.1, 0.15) is 0 Å². The number of nitrogens with one attached hydrogen (secondary N) is 1. The number of sulfone groups is 1. The molecule has 2 aromatic heterocycles. The van der Waals surface area contributed by atoms with Crippen LogP contribution in [0.25, 0.3) is 21.3 Å². The molecule has 146 valence electrons. The highest BCUT2D eigenvalue weighted by molar-refractivity contribution is 7.90. The SMILES string of the molecule is CS(=O)(=O)c1ccc(C(=O)Nc2ncc(-c3ccc4nnc(Cl)cc4c3)s2)cc1. The van der Waals surface area contributed by atoms with Crippen molar-refractivity contribution >= 4 is 54.7 Å². The van der Waals surface area contributed by atoms with Gasteiger partial charge in [0.15, 0.2) is 20.1 Å². The van der Waals surface area contributed by atoms with Gasteiger partial charge in [-0.1, -0.05) is 29.0 Å². The average Bonchev–Trinajstić information content (AvgIpc) is 3.15. The van der Waals surface area contributed by atoms with Gasteiger partial charge in [0.25, 0.3) is 5.91 Å². The standard InChI is InChI=1S/C19H13ClN4O3S2/c1-29(26,27)14-5-2-11(3-6-14)18(25)22-19-21-10-16(28-19)12-4-7-15-13(8-12)9-17(20)24-23-15/h2-10H,1H3,(H,21,22,25). The molecule has 0 spiro atoms. The van der Waals surface area contributed by atoms with E-state index in [1.165, 1.54) is 35.6 Å². The first kappa shape index (κ1) is 19.4. The largest absolute Gasteiger partial charge is 0.298 e. The molecule has 0 saturated heterocycles. The highest BCUT2D eigenvalue weighted by atomic mass is 35.5. The lowest BCUT2D eigenvalue weighted by Gasteiger charge is -2.03. The lowest BCUT2D eigenvalue weighted by molar-refractivity contribution is 0.102. The molecule has 0 unspecified atom stereocenters. The van der Waals surface area contributed by atoms with Gasteiger partial charge in [-0.25, -0.2) is 13.4 Å². The number of hydrogen-bond acceptors (Lipinski definition) is 7. The van der Waals surface area contributed by atoms with E-state index in [0.29, 0.717) is 15.8 Å². The van der Waals surface area contributed by atoms with E-state index in [1.54, 1.807) is 12.3 Å². The van der Waals surface area contributed by atoms with Crippen LogP contribution in [0, 0.1) is 0 Å². The highest BCUT2D eigenvalue weighted by Gasteiger charge is 2.13. The molecular formula is C19H13ClN4O3S2. The molecule has 0 atom stereocenters. The first-order valence-electron chi connectivity index (χ1n) is 8.30.